The summed E-state index contributed by atoms with van der Waals surface area (Å²) in [4.78, 5) is 14.6. The van der Waals surface area contributed by atoms with Crippen LogP contribution in [0.4, 0.5) is 4.39 Å². The number of halogens is 2. The summed E-state index contributed by atoms with van der Waals surface area (Å²) in [6.45, 7) is 0. The van der Waals surface area contributed by atoms with Gasteiger partial charge in [0.2, 0.25) is 0 Å². The fraction of sp³-hybridized carbons (Fsp3) is 0.0625. The van der Waals surface area contributed by atoms with Crippen molar-refractivity contribution in [3.8, 4) is 17.0 Å². The highest BCUT2D eigenvalue weighted by Crippen LogP contribution is 2.36. The molecule has 0 unspecified atom stereocenters. The van der Waals surface area contributed by atoms with Crippen molar-refractivity contribution in [3.05, 3.63) is 52.8 Å². The molecule has 3 rings (SSSR count). The number of hydrogen-bond donors (Lipinski definition) is 1. The Morgan fingerprint density at radius 3 is 2.76 bits per heavy atom. The van der Waals surface area contributed by atoms with Gasteiger partial charge in [-0.3, -0.25) is 4.79 Å². The van der Waals surface area contributed by atoms with Crippen molar-refractivity contribution in [2.45, 2.75) is 0 Å². The highest BCUT2D eigenvalue weighted by Gasteiger charge is 2.17. The van der Waals surface area contributed by atoms with E-state index in [4.69, 9.17) is 16.3 Å². The summed E-state index contributed by atoms with van der Waals surface area (Å²) in [7, 11) is 1.50. The van der Waals surface area contributed by atoms with Gasteiger partial charge in [-0.2, -0.15) is 0 Å². The van der Waals surface area contributed by atoms with Crippen molar-refractivity contribution in [1.29, 1.82) is 0 Å². The second-order valence-electron chi connectivity index (χ2n) is 4.57. The molecular weight excluding hydrogens is 293 g/mol. The molecule has 0 amide bonds. The molecule has 0 saturated heterocycles. The van der Waals surface area contributed by atoms with E-state index in [2.05, 4.69) is 4.98 Å². The van der Waals surface area contributed by atoms with Crippen molar-refractivity contribution in [3.63, 3.8) is 0 Å². The molecule has 0 bridgehead atoms. The summed E-state index contributed by atoms with van der Waals surface area (Å²) in [5.41, 5.74) is 2.18. The van der Waals surface area contributed by atoms with Crippen LogP contribution >= 0.6 is 11.6 Å². The Hall–Kier alpha value is -2.33. The number of rotatable bonds is 3. The van der Waals surface area contributed by atoms with Gasteiger partial charge in [0.15, 0.2) is 6.29 Å². The number of aldehydes is 1. The van der Waals surface area contributed by atoms with Gasteiger partial charge in [0, 0.05) is 27.1 Å². The first kappa shape index (κ1) is 13.6. The molecular formula is C16H11ClFNO2. The van der Waals surface area contributed by atoms with E-state index in [1.165, 1.54) is 25.3 Å². The van der Waals surface area contributed by atoms with Gasteiger partial charge >= 0.3 is 0 Å². The van der Waals surface area contributed by atoms with Gasteiger partial charge in [-0.15, -0.1) is 0 Å². The maximum absolute atomic E-state index is 13.5. The SMILES string of the molecule is COc1ccc(F)cc1-c1[nH]c2ccc(Cl)cc2c1C=O. The summed E-state index contributed by atoms with van der Waals surface area (Å²) in [6, 6.07) is 9.37. The summed E-state index contributed by atoms with van der Waals surface area (Å²) < 4.78 is 18.8. The van der Waals surface area contributed by atoms with Crippen LogP contribution in [0.5, 0.6) is 5.75 Å². The minimum atomic E-state index is -0.403. The number of H-pyrrole nitrogens is 1. The van der Waals surface area contributed by atoms with E-state index in [0.717, 1.165) is 11.8 Å². The second-order valence-corrected chi connectivity index (χ2v) is 5.00. The molecule has 0 saturated carbocycles. The van der Waals surface area contributed by atoms with Crippen LogP contribution in [0.2, 0.25) is 5.02 Å². The number of ether oxygens (including phenoxy) is 1. The third-order valence-corrected chi connectivity index (χ3v) is 3.58. The average Bonchev–Trinajstić information content (AvgIpc) is 2.84. The van der Waals surface area contributed by atoms with Crippen LogP contribution in [-0.4, -0.2) is 18.4 Å². The van der Waals surface area contributed by atoms with Crippen LogP contribution in [0, 0.1) is 5.82 Å². The third kappa shape index (κ3) is 2.28. The number of aromatic amines is 1. The molecule has 3 nitrogen and oxygen atoms in total. The summed E-state index contributed by atoms with van der Waals surface area (Å²) >= 11 is 5.97. The molecule has 0 radical (unpaired) electrons. The Morgan fingerprint density at radius 1 is 1.24 bits per heavy atom. The summed E-state index contributed by atoms with van der Waals surface area (Å²) in [5, 5.41) is 1.22. The van der Waals surface area contributed by atoms with Crippen LogP contribution in [0.3, 0.4) is 0 Å². The predicted octanol–water partition coefficient (Wildman–Crippen LogP) is 4.45. The zero-order chi connectivity index (χ0) is 15.0. The number of benzene rings is 2. The van der Waals surface area contributed by atoms with Crippen molar-refractivity contribution in [1.82, 2.24) is 4.98 Å². The van der Waals surface area contributed by atoms with E-state index in [1.807, 2.05) is 0 Å². The first-order valence-corrected chi connectivity index (χ1v) is 6.62. The lowest BCUT2D eigenvalue weighted by Gasteiger charge is -2.07. The second kappa shape index (κ2) is 5.22. The lowest BCUT2D eigenvalue weighted by atomic mass is 10.1. The van der Waals surface area contributed by atoms with E-state index in [9.17, 15) is 9.18 Å². The van der Waals surface area contributed by atoms with Crippen LogP contribution in [0.1, 0.15) is 10.4 Å². The maximum atomic E-state index is 13.5. The molecule has 0 aliphatic rings. The standard InChI is InChI=1S/C16H11ClFNO2/c1-21-15-5-3-10(18)7-12(15)16-13(8-20)11-6-9(17)2-4-14(11)19-16/h2-8,19H,1H3. The first-order valence-electron chi connectivity index (χ1n) is 6.24. The monoisotopic (exact) mass is 303 g/mol. The average molecular weight is 304 g/mol. The Balaban J connectivity index is 2.35. The number of aromatic nitrogens is 1. The van der Waals surface area contributed by atoms with E-state index in [0.29, 0.717) is 33.0 Å². The fourth-order valence-corrected chi connectivity index (χ4v) is 2.57. The van der Waals surface area contributed by atoms with E-state index >= 15 is 0 Å². The Morgan fingerprint density at radius 2 is 2.05 bits per heavy atom. The van der Waals surface area contributed by atoms with E-state index in [-0.39, 0.29) is 0 Å². The lowest BCUT2D eigenvalue weighted by molar-refractivity contribution is 0.112. The van der Waals surface area contributed by atoms with Crippen LogP contribution in [-0.2, 0) is 0 Å². The smallest absolute Gasteiger partial charge is 0.152 e. The molecule has 0 aliphatic heterocycles. The molecule has 0 atom stereocenters. The minimum Gasteiger partial charge on any atom is -0.496 e. The summed E-state index contributed by atoms with van der Waals surface area (Å²) in [5.74, 6) is 0.0801. The quantitative estimate of drug-likeness (QED) is 0.726. The van der Waals surface area contributed by atoms with E-state index < -0.39 is 5.82 Å². The molecule has 3 aromatic rings. The zero-order valence-electron chi connectivity index (χ0n) is 11.1. The van der Waals surface area contributed by atoms with Crippen molar-refractivity contribution in [2.75, 3.05) is 7.11 Å². The van der Waals surface area contributed by atoms with Crippen molar-refractivity contribution in [2.24, 2.45) is 0 Å². The highest BCUT2D eigenvalue weighted by molar-refractivity contribution is 6.31. The molecule has 0 fully saturated rings. The fourth-order valence-electron chi connectivity index (χ4n) is 2.40. The van der Waals surface area contributed by atoms with Crippen molar-refractivity contribution < 1.29 is 13.9 Å². The number of hydrogen-bond acceptors (Lipinski definition) is 2. The zero-order valence-corrected chi connectivity index (χ0v) is 11.9. The van der Waals surface area contributed by atoms with Gasteiger partial charge in [-0.1, -0.05) is 11.6 Å². The number of methoxy groups -OCH3 is 1. The normalized spacial score (nSPS) is 10.8. The van der Waals surface area contributed by atoms with Crippen LogP contribution in [0.15, 0.2) is 36.4 Å². The molecule has 2 aromatic carbocycles. The van der Waals surface area contributed by atoms with Gasteiger partial charge in [0.25, 0.3) is 0 Å². The number of carbonyl (C=O) groups is 1. The molecule has 1 heterocycles. The van der Waals surface area contributed by atoms with E-state index in [1.54, 1.807) is 18.2 Å². The van der Waals surface area contributed by atoms with Gasteiger partial charge in [-0.25, -0.2) is 4.39 Å². The van der Waals surface area contributed by atoms with Gasteiger partial charge in [0.1, 0.15) is 11.6 Å². The molecule has 106 valence electrons. The summed E-state index contributed by atoms with van der Waals surface area (Å²) in [6.07, 6.45) is 0.731. The molecule has 1 N–H and O–H groups in total. The largest absolute Gasteiger partial charge is 0.496 e. The van der Waals surface area contributed by atoms with Gasteiger partial charge in [-0.05, 0) is 36.4 Å². The van der Waals surface area contributed by atoms with Crippen molar-refractivity contribution >= 4 is 28.8 Å². The minimum absolute atomic E-state index is 0.403. The number of fused-ring (bicyclic) bond motifs is 1. The predicted molar refractivity (Wildman–Crippen MR) is 80.6 cm³/mol. The lowest BCUT2D eigenvalue weighted by Crippen LogP contribution is -1.92. The molecule has 1 aromatic heterocycles. The molecule has 0 spiro atoms. The Kier molecular flexibility index (Phi) is 3.39. The topological polar surface area (TPSA) is 42.1 Å². The molecule has 0 aliphatic carbocycles. The van der Waals surface area contributed by atoms with Crippen LogP contribution in [0.25, 0.3) is 22.2 Å². The first-order chi connectivity index (χ1) is 10.1. The van der Waals surface area contributed by atoms with Gasteiger partial charge < -0.3 is 9.72 Å². The number of nitrogens with one attached hydrogen (secondary N) is 1. The number of carbonyl (C=O) groups excluding carboxylic acids is 1. The third-order valence-electron chi connectivity index (χ3n) is 3.35. The van der Waals surface area contributed by atoms with Gasteiger partial charge in [0.05, 0.1) is 12.8 Å². The van der Waals surface area contributed by atoms with Crippen LogP contribution < -0.4 is 4.74 Å². The molecule has 5 heteroatoms. The Labute approximate surface area is 125 Å². The maximum Gasteiger partial charge on any atom is 0.152 e. The molecule has 21 heavy (non-hydrogen) atoms. The highest BCUT2D eigenvalue weighted by atomic mass is 35.5. The Bertz CT molecular complexity index is 842.